The highest BCUT2D eigenvalue weighted by molar-refractivity contribution is 14.0. The highest BCUT2D eigenvalue weighted by atomic mass is 127. The molecule has 3 rings (SSSR count). The highest BCUT2D eigenvalue weighted by Crippen LogP contribution is 2.31. The van der Waals surface area contributed by atoms with Gasteiger partial charge < -0.3 is 15.4 Å². The van der Waals surface area contributed by atoms with Crippen LogP contribution in [0.4, 0.5) is 0 Å². The Morgan fingerprint density at radius 2 is 1.96 bits per heavy atom. The van der Waals surface area contributed by atoms with Gasteiger partial charge in [-0.2, -0.15) is 0 Å². The highest BCUT2D eigenvalue weighted by Gasteiger charge is 2.25. The standard InChI is InChI=1S/C20H28N4OS.HI/c1-21-20(22-14-16-8-7-13-26-16)23-15-18(24-11-5-6-12-24)17-9-3-4-10-19(17)25-2;/h3-4,7-10,13,18H,5-6,11-12,14-15H2,1-2H3,(H2,21,22,23);1H. The van der Waals surface area contributed by atoms with Gasteiger partial charge in [0.1, 0.15) is 5.75 Å². The monoisotopic (exact) mass is 500 g/mol. The van der Waals surface area contributed by atoms with Gasteiger partial charge in [-0.15, -0.1) is 35.3 Å². The van der Waals surface area contributed by atoms with Crippen LogP contribution in [0.15, 0.2) is 46.8 Å². The lowest BCUT2D eigenvalue weighted by Gasteiger charge is -2.30. The number of ether oxygens (including phenoxy) is 1. The molecule has 5 nitrogen and oxygen atoms in total. The third kappa shape index (κ3) is 6.08. The zero-order valence-corrected chi connectivity index (χ0v) is 19.1. The van der Waals surface area contributed by atoms with Crippen molar-refractivity contribution in [3.63, 3.8) is 0 Å². The summed E-state index contributed by atoms with van der Waals surface area (Å²) in [5.74, 6) is 1.78. The minimum atomic E-state index is 0. The van der Waals surface area contributed by atoms with Crippen LogP contribution >= 0.6 is 35.3 Å². The second-order valence-electron chi connectivity index (χ2n) is 6.39. The van der Waals surface area contributed by atoms with E-state index in [1.165, 1.54) is 23.3 Å². The second-order valence-corrected chi connectivity index (χ2v) is 7.42. The van der Waals surface area contributed by atoms with Gasteiger partial charge >= 0.3 is 0 Å². The van der Waals surface area contributed by atoms with Gasteiger partial charge in [0, 0.05) is 24.0 Å². The molecule has 1 aliphatic rings. The third-order valence-electron chi connectivity index (χ3n) is 4.78. The summed E-state index contributed by atoms with van der Waals surface area (Å²) in [5.41, 5.74) is 1.23. The Kier molecular flexibility index (Phi) is 9.36. The number of hydrogen-bond acceptors (Lipinski definition) is 4. The summed E-state index contributed by atoms with van der Waals surface area (Å²) in [6.45, 7) is 3.85. The van der Waals surface area contributed by atoms with E-state index in [1.54, 1.807) is 18.4 Å². The van der Waals surface area contributed by atoms with Crippen LogP contribution in [0.1, 0.15) is 29.3 Å². The summed E-state index contributed by atoms with van der Waals surface area (Å²) in [6.07, 6.45) is 2.52. The molecule has 1 aromatic carbocycles. The minimum absolute atomic E-state index is 0. The number of halogens is 1. The van der Waals surface area contributed by atoms with Gasteiger partial charge in [0.2, 0.25) is 0 Å². The summed E-state index contributed by atoms with van der Waals surface area (Å²) < 4.78 is 5.62. The molecule has 0 amide bonds. The van der Waals surface area contributed by atoms with Crippen molar-refractivity contribution in [3.8, 4) is 5.75 Å². The summed E-state index contributed by atoms with van der Waals surface area (Å²) in [6, 6.07) is 12.8. The number of nitrogens with zero attached hydrogens (tertiary/aromatic N) is 2. The van der Waals surface area contributed by atoms with E-state index in [2.05, 4.69) is 50.2 Å². The average Bonchev–Trinajstić information content (AvgIpc) is 3.39. The third-order valence-corrected chi connectivity index (χ3v) is 5.65. The number of methoxy groups -OCH3 is 1. The predicted octanol–water partition coefficient (Wildman–Crippen LogP) is 3.88. The maximum atomic E-state index is 5.62. The van der Waals surface area contributed by atoms with Gasteiger partial charge in [0.05, 0.1) is 19.7 Å². The van der Waals surface area contributed by atoms with Gasteiger partial charge in [-0.3, -0.25) is 9.89 Å². The Balaban J connectivity index is 0.00000261. The zero-order valence-electron chi connectivity index (χ0n) is 16.0. The molecule has 1 fully saturated rings. The van der Waals surface area contributed by atoms with Crippen LogP contribution < -0.4 is 15.4 Å². The fourth-order valence-electron chi connectivity index (χ4n) is 3.43. The van der Waals surface area contributed by atoms with Crippen molar-refractivity contribution in [2.75, 3.05) is 33.8 Å². The fourth-order valence-corrected chi connectivity index (χ4v) is 4.07. The van der Waals surface area contributed by atoms with Crippen molar-refractivity contribution >= 4 is 41.3 Å². The average molecular weight is 500 g/mol. The molecule has 1 unspecified atom stereocenters. The topological polar surface area (TPSA) is 48.9 Å². The zero-order chi connectivity index (χ0) is 18.2. The SMILES string of the molecule is CN=C(NCc1cccs1)NCC(c1ccccc1OC)N1CCCC1.I. The number of rotatable bonds is 7. The maximum absolute atomic E-state index is 5.62. The molecule has 0 aliphatic carbocycles. The van der Waals surface area contributed by atoms with Crippen molar-refractivity contribution in [2.24, 2.45) is 4.99 Å². The molecule has 27 heavy (non-hydrogen) atoms. The van der Waals surface area contributed by atoms with Gasteiger partial charge in [0.15, 0.2) is 5.96 Å². The summed E-state index contributed by atoms with van der Waals surface area (Å²) in [7, 11) is 3.56. The first-order chi connectivity index (χ1) is 12.8. The molecule has 2 aromatic rings. The van der Waals surface area contributed by atoms with Gasteiger partial charge in [-0.05, 0) is 43.4 Å². The molecule has 148 valence electrons. The van der Waals surface area contributed by atoms with Crippen LogP contribution in [0.2, 0.25) is 0 Å². The molecular formula is C20H29IN4OS. The van der Waals surface area contributed by atoms with E-state index in [9.17, 15) is 0 Å². The van der Waals surface area contributed by atoms with E-state index >= 15 is 0 Å². The van der Waals surface area contributed by atoms with Crippen LogP contribution in [-0.4, -0.2) is 44.7 Å². The van der Waals surface area contributed by atoms with Crippen molar-refractivity contribution in [3.05, 3.63) is 52.2 Å². The number of guanidine groups is 1. The lowest BCUT2D eigenvalue weighted by atomic mass is 10.0. The molecule has 0 spiro atoms. The van der Waals surface area contributed by atoms with Crippen molar-refractivity contribution in [1.29, 1.82) is 0 Å². The van der Waals surface area contributed by atoms with Crippen molar-refractivity contribution in [2.45, 2.75) is 25.4 Å². The smallest absolute Gasteiger partial charge is 0.191 e. The number of hydrogen-bond donors (Lipinski definition) is 2. The van der Waals surface area contributed by atoms with E-state index < -0.39 is 0 Å². The Morgan fingerprint density at radius 1 is 1.19 bits per heavy atom. The van der Waals surface area contributed by atoms with E-state index in [0.29, 0.717) is 0 Å². The van der Waals surface area contributed by atoms with E-state index in [0.717, 1.165) is 37.9 Å². The molecular weight excluding hydrogens is 471 g/mol. The van der Waals surface area contributed by atoms with Crippen LogP contribution in [0.3, 0.4) is 0 Å². The molecule has 1 aromatic heterocycles. The maximum Gasteiger partial charge on any atom is 0.191 e. The number of benzene rings is 1. The second kappa shape index (κ2) is 11.5. The molecule has 0 bridgehead atoms. The Labute approximate surface area is 183 Å². The first-order valence-electron chi connectivity index (χ1n) is 9.15. The Bertz CT molecular complexity index is 702. The van der Waals surface area contributed by atoms with Crippen LogP contribution in [-0.2, 0) is 6.54 Å². The molecule has 0 radical (unpaired) electrons. The normalized spacial score (nSPS) is 15.9. The van der Waals surface area contributed by atoms with Crippen molar-refractivity contribution < 1.29 is 4.74 Å². The molecule has 7 heteroatoms. The molecule has 0 saturated carbocycles. The summed E-state index contributed by atoms with van der Waals surface area (Å²) in [4.78, 5) is 8.21. The first-order valence-corrected chi connectivity index (χ1v) is 10.0. The molecule has 1 saturated heterocycles. The number of para-hydroxylation sites is 1. The van der Waals surface area contributed by atoms with Crippen LogP contribution in [0, 0.1) is 0 Å². The Hall–Kier alpha value is -1.32. The Morgan fingerprint density at radius 3 is 2.63 bits per heavy atom. The van der Waals surface area contributed by atoms with E-state index in [4.69, 9.17) is 4.74 Å². The molecule has 2 heterocycles. The summed E-state index contributed by atoms with van der Waals surface area (Å²) >= 11 is 1.75. The largest absolute Gasteiger partial charge is 0.496 e. The first kappa shape index (κ1) is 22.0. The number of thiophene rings is 1. The number of likely N-dealkylation sites (tertiary alicyclic amines) is 1. The van der Waals surface area contributed by atoms with Gasteiger partial charge in [0.25, 0.3) is 0 Å². The van der Waals surface area contributed by atoms with E-state index in [-0.39, 0.29) is 30.0 Å². The number of nitrogens with one attached hydrogen (secondary N) is 2. The predicted molar refractivity (Wildman–Crippen MR) is 124 cm³/mol. The number of aliphatic imine (C=N–C) groups is 1. The van der Waals surface area contributed by atoms with Crippen LogP contribution in [0.25, 0.3) is 0 Å². The lowest BCUT2D eigenvalue weighted by molar-refractivity contribution is 0.239. The van der Waals surface area contributed by atoms with Gasteiger partial charge in [-0.1, -0.05) is 24.3 Å². The van der Waals surface area contributed by atoms with Crippen molar-refractivity contribution in [1.82, 2.24) is 15.5 Å². The van der Waals surface area contributed by atoms with Crippen LogP contribution in [0.5, 0.6) is 5.75 Å². The quantitative estimate of drug-likeness (QED) is 0.344. The molecule has 1 aliphatic heterocycles. The molecule has 2 N–H and O–H groups in total. The minimum Gasteiger partial charge on any atom is -0.496 e. The molecule has 1 atom stereocenters. The summed E-state index contributed by atoms with van der Waals surface area (Å²) in [5, 5.41) is 9.00. The van der Waals surface area contributed by atoms with E-state index in [1.807, 2.05) is 19.2 Å². The lowest BCUT2D eigenvalue weighted by Crippen LogP contribution is -2.42. The van der Waals surface area contributed by atoms with Gasteiger partial charge in [-0.25, -0.2) is 0 Å². The fraction of sp³-hybridized carbons (Fsp3) is 0.450.